The zero-order valence-corrected chi connectivity index (χ0v) is 23.2. The van der Waals surface area contributed by atoms with E-state index in [4.69, 9.17) is 4.74 Å². The van der Waals surface area contributed by atoms with Gasteiger partial charge in [0.2, 0.25) is 17.7 Å². The highest BCUT2D eigenvalue weighted by atomic mass is 16.5. The van der Waals surface area contributed by atoms with Crippen LogP contribution in [0.15, 0.2) is 71.9 Å². The minimum atomic E-state index is -1.03. The normalized spacial score (nSPS) is 11.7. The quantitative estimate of drug-likeness (QED) is 0.227. The molecular weight excluding hydrogens is 544 g/mol. The Morgan fingerprint density at radius 1 is 1.12 bits per heavy atom. The molecular formula is C28H30N8O6. The molecule has 218 valence electrons. The lowest BCUT2D eigenvalue weighted by Gasteiger charge is -2.17. The van der Waals surface area contributed by atoms with E-state index < -0.39 is 23.6 Å². The minimum Gasteiger partial charge on any atom is -0.453 e. The van der Waals surface area contributed by atoms with Crippen LogP contribution < -0.4 is 20.9 Å². The minimum absolute atomic E-state index is 0.00139. The predicted molar refractivity (Wildman–Crippen MR) is 153 cm³/mol. The van der Waals surface area contributed by atoms with Gasteiger partial charge in [0, 0.05) is 20.3 Å². The average Bonchev–Trinajstić information content (AvgIpc) is 3.40. The Hall–Kier alpha value is -5.53. The number of alkyl carbamates (subject to hydrolysis) is 1. The molecule has 0 aliphatic rings. The highest BCUT2D eigenvalue weighted by Gasteiger charge is 2.22. The summed E-state index contributed by atoms with van der Waals surface area (Å²) in [5.41, 5.74) is 0.335. The van der Waals surface area contributed by atoms with Gasteiger partial charge in [0.1, 0.15) is 35.1 Å². The molecule has 1 atom stereocenters. The Morgan fingerprint density at radius 3 is 2.64 bits per heavy atom. The van der Waals surface area contributed by atoms with E-state index in [0.717, 1.165) is 0 Å². The Bertz CT molecular complexity index is 1650. The van der Waals surface area contributed by atoms with Gasteiger partial charge in [-0.2, -0.15) is 4.98 Å². The third-order valence-corrected chi connectivity index (χ3v) is 5.98. The standard InChI is InChI=1S/C28H30N8O6/c1-35(2)22(37)14-8-7-12-19(32-28(40)41-3)25(38)31-20-13-9-15-36(27(20)39)16-21-33-23-24(34-21)29-17-30-26(23)42-18-10-5-4-6-11-18/h4-6,8-11,13-15,17,19H,7,12,16H2,1-3H3,(H,31,38)(H,32,40)(H,29,30,33,34)/b14-8+. The molecule has 0 saturated heterocycles. The molecule has 14 heteroatoms. The van der Waals surface area contributed by atoms with Gasteiger partial charge in [-0.15, -0.1) is 0 Å². The highest BCUT2D eigenvalue weighted by molar-refractivity contribution is 5.96. The number of nitrogens with zero attached hydrogens (tertiary/aromatic N) is 5. The maximum atomic E-state index is 13.2. The number of fused-ring (bicyclic) bond motifs is 1. The maximum Gasteiger partial charge on any atom is 0.407 e. The number of allylic oxidation sites excluding steroid dienone is 1. The molecule has 14 nitrogen and oxygen atoms in total. The number of benzene rings is 1. The van der Waals surface area contributed by atoms with Crippen LogP contribution in [-0.4, -0.2) is 74.6 Å². The predicted octanol–water partition coefficient (Wildman–Crippen LogP) is 2.44. The first-order valence-electron chi connectivity index (χ1n) is 12.9. The van der Waals surface area contributed by atoms with Crippen LogP contribution in [-0.2, 0) is 20.9 Å². The van der Waals surface area contributed by atoms with Crippen molar-refractivity contribution in [3.05, 3.63) is 83.3 Å². The first kappa shape index (κ1) is 29.5. The number of aromatic amines is 1. The molecule has 0 aliphatic carbocycles. The van der Waals surface area contributed by atoms with E-state index in [2.05, 4.69) is 35.3 Å². The number of carbonyl (C=O) groups excluding carboxylic acids is 3. The van der Waals surface area contributed by atoms with Crippen molar-refractivity contribution in [1.82, 2.24) is 34.7 Å². The van der Waals surface area contributed by atoms with E-state index in [0.29, 0.717) is 29.2 Å². The van der Waals surface area contributed by atoms with Crippen molar-refractivity contribution in [2.45, 2.75) is 25.4 Å². The van der Waals surface area contributed by atoms with Crippen molar-refractivity contribution in [2.75, 3.05) is 26.5 Å². The van der Waals surface area contributed by atoms with Gasteiger partial charge in [-0.3, -0.25) is 14.4 Å². The fourth-order valence-corrected chi connectivity index (χ4v) is 3.81. The molecule has 42 heavy (non-hydrogen) atoms. The van der Waals surface area contributed by atoms with Crippen LogP contribution in [0.4, 0.5) is 10.5 Å². The average molecular weight is 575 g/mol. The van der Waals surface area contributed by atoms with Gasteiger partial charge in [0.15, 0.2) is 5.65 Å². The van der Waals surface area contributed by atoms with Crippen molar-refractivity contribution < 1.29 is 23.9 Å². The van der Waals surface area contributed by atoms with Crippen LogP contribution in [0.25, 0.3) is 11.2 Å². The topological polar surface area (TPSA) is 173 Å². The number of anilines is 1. The lowest BCUT2D eigenvalue weighted by atomic mass is 10.1. The highest BCUT2D eigenvalue weighted by Crippen LogP contribution is 2.25. The fraction of sp³-hybridized carbons (Fsp3) is 0.250. The zero-order chi connectivity index (χ0) is 30.1. The summed E-state index contributed by atoms with van der Waals surface area (Å²) in [6.07, 6.45) is 5.53. The second-order valence-corrected chi connectivity index (χ2v) is 9.22. The summed E-state index contributed by atoms with van der Waals surface area (Å²) >= 11 is 0. The number of amides is 3. The van der Waals surface area contributed by atoms with Crippen LogP contribution in [0.3, 0.4) is 0 Å². The van der Waals surface area contributed by atoms with E-state index in [9.17, 15) is 19.2 Å². The molecule has 4 rings (SSSR count). The summed E-state index contributed by atoms with van der Waals surface area (Å²) in [6.45, 7) is 0.0399. The van der Waals surface area contributed by atoms with Gasteiger partial charge < -0.3 is 34.6 Å². The number of methoxy groups -OCH3 is 1. The molecule has 0 spiro atoms. The van der Waals surface area contributed by atoms with Crippen molar-refractivity contribution in [1.29, 1.82) is 0 Å². The molecule has 0 fully saturated rings. The first-order chi connectivity index (χ1) is 20.2. The van der Waals surface area contributed by atoms with Crippen molar-refractivity contribution >= 4 is 34.8 Å². The Kier molecular flexibility index (Phi) is 9.61. The SMILES string of the molecule is COC(=O)NC(CC/C=C/C(=O)N(C)C)C(=O)Nc1cccn(Cc2nc3ncnc(Oc4ccccc4)c3[nH]2)c1=O. The summed E-state index contributed by atoms with van der Waals surface area (Å²) in [5, 5.41) is 5.04. The number of carbonyl (C=O) groups is 3. The molecule has 3 aromatic heterocycles. The van der Waals surface area contributed by atoms with Crippen LogP contribution in [0.1, 0.15) is 18.7 Å². The van der Waals surface area contributed by atoms with Crippen LogP contribution >= 0.6 is 0 Å². The summed E-state index contributed by atoms with van der Waals surface area (Å²) < 4.78 is 11.8. The number of H-pyrrole nitrogens is 1. The maximum absolute atomic E-state index is 13.2. The Morgan fingerprint density at radius 2 is 1.90 bits per heavy atom. The first-order valence-corrected chi connectivity index (χ1v) is 12.9. The van der Waals surface area contributed by atoms with Gasteiger partial charge in [-0.1, -0.05) is 24.3 Å². The number of aromatic nitrogens is 5. The zero-order valence-electron chi connectivity index (χ0n) is 23.2. The number of hydrogen-bond acceptors (Lipinski definition) is 9. The molecule has 0 aliphatic heterocycles. The number of ether oxygens (including phenoxy) is 2. The second kappa shape index (κ2) is 13.7. The van der Waals surface area contributed by atoms with E-state index in [-0.39, 0.29) is 30.4 Å². The second-order valence-electron chi connectivity index (χ2n) is 9.22. The molecule has 3 amide bonds. The van der Waals surface area contributed by atoms with Gasteiger partial charge >= 0.3 is 6.09 Å². The van der Waals surface area contributed by atoms with Crippen molar-refractivity contribution in [3.8, 4) is 11.6 Å². The summed E-state index contributed by atoms with van der Waals surface area (Å²) in [7, 11) is 4.42. The van der Waals surface area contributed by atoms with Gasteiger partial charge in [-0.25, -0.2) is 14.8 Å². The number of hydrogen-bond donors (Lipinski definition) is 3. The number of rotatable bonds is 11. The molecule has 1 unspecified atom stereocenters. The molecule has 0 radical (unpaired) electrons. The molecule has 0 saturated carbocycles. The van der Waals surface area contributed by atoms with E-state index in [1.807, 2.05) is 18.2 Å². The summed E-state index contributed by atoms with van der Waals surface area (Å²) in [6, 6.07) is 11.2. The molecule has 1 aromatic carbocycles. The number of pyridine rings is 1. The summed E-state index contributed by atoms with van der Waals surface area (Å²) in [4.78, 5) is 67.2. The van der Waals surface area contributed by atoms with Crippen LogP contribution in [0.5, 0.6) is 11.6 Å². The van der Waals surface area contributed by atoms with Gasteiger partial charge in [0.05, 0.1) is 13.7 Å². The number of para-hydroxylation sites is 1. The largest absolute Gasteiger partial charge is 0.453 e. The smallest absolute Gasteiger partial charge is 0.407 e. The molecule has 0 bridgehead atoms. The van der Waals surface area contributed by atoms with Crippen LogP contribution in [0, 0.1) is 0 Å². The lowest BCUT2D eigenvalue weighted by molar-refractivity contribution is -0.123. The number of likely N-dealkylation sites (N-methyl/N-ethyl adjacent to an activating group) is 1. The lowest BCUT2D eigenvalue weighted by Crippen LogP contribution is -2.44. The molecule has 3 heterocycles. The summed E-state index contributed by atoms with van der Waals surface area (Å²) in [5.74, 6) is 0.454. The van der Waals surface area contributed by atoms with E-state index in [1.165, 1.54) is 35.0 Å². The molecule has 3 N–H and O–H groups in total. The fourth-order valence-electron chi connectivity index (χ4n) is 3.81. The van der Waals surface area contributed by atoms with E-state index >= 15 is 0 Å². The van der Waals surface area contributed by atoms with E-state index in [1.54, 1.807) is 44.6 Å². The Labute approximate surface area is 240 Å². The van der Waals surface area contributed by atoms with Gasteiger partial charge in [-0.05, 0) is 43.2 Å². The monoisotopic (exact) mass is 574 g/mol. The number of nitrogens with one attached hydrogen (secondary N) is 3. The van der Waals surface area contributed by atoms with Crippen molar-refractivity contribution in [3.63, 3.8) is 0 Å². The number of imidazole rings is 1. The Balaban J connectivity index is 1.48. The van der Waals surface area contributed by atoms with Crippen LogP contribution in [0.2, 0.25) is 0 Å². The third-order valence-electron chi connectivity index (χ3n) is 5.98. The van der Waals surface area contributed by atoms with Crippen molar-refractivity contribution in [2.24, 2.45) is 0 Å². The van der Waals surface area contributed by atoms with Gasteiger partial charge in [0.25, 0.3) is 5.56 Å². The molecule has 4 aromatic rings. The third kappa shape index (κ3) is 7.56.